The summed E-state index contributed by atoms with van der Waals surface area (Å²) >= 11 is 0. The van der Waals surface area contributed by atoms with E-state index in [0.29, 0.717) is 104 Å². The van der Waals surface area contributed by atoms with E-state index >= 15 is 0 Å². The predicted octanol–water partition coefficient (Wildman–Crippen LogP) is 11.9. The van der Waals surface area contributed by atoms with Crippen molar-refractivity contribution < 1.29 is 136 Å². The molecule has 2 aromatic heterocycles. The van der Waals surface area contributed by atoms with Gasteiger partial charge in [-0.2, -0.15) is 25.3 Å². The van der Waals surface area contributed by atoms with Gasteiger partial charge in [-0.1, -0.05) is 0 Å². The van der Waals surface area contributed by atoms with Gasteiger partial charge in [-0.25, -0.2) is 37.5 Å². The van der Waals surface area contributed by atoms with Crippen molar-refractivity contribution >= 4 is 66.2 Å². The summed E-state index contributed by atoms with van der Waals surface area (Å²) in [6.07, 6.45) is 32.1. The van der Waals surface area contributed by atoms with Gasteiger partial charge in [-0.3, -0.25) is 23.6 Å². The van der Waals surface area contributed by atoms with E-state index < -0.39 is 120 Å². The number of rotatable bonds is 18. The molecule has 2 heterocycles. The van der Waals surface area contributed by atoms with Gasteiger partial charge in [0.1, 0.15) is 11.6 Å². The number of hydrogen-bond acceptors (Lipinski definition) is 24. The number of halogens is 2. The maximum Gasteiger partial charge on any atom is 0.338 e. The van der Waals surface area contributed by atoms with Gasteiger partial charge in [0.15, 0.2) is 0 Å². The molecule has 0 spiro atoms. The molecule has 25 rings (SSSR count). The fourth-order valence-electron chi connectivity index (χ4n) is 27.7. The van der Waals surface area contributed by atoms with E-state index in [9.17, 15) is 103 Å². The highest BCUT2D eigenvalue weighted by atomic mass is 32.2. The van der Waals surface area contributed by atoms with Crippen molar-refractivity contribution in [2.75, 3.05) is 33.0 Å². The highest BCUT2D eigenvalue weighted by molar-refractivity contribution is 7.86. The Morgan fingerprint density at radius 3 is 0.707 bits per heavy atom. The van der Waals surface area contributed by atoms with Crippen molar-refractivity contribution in [1.29, 1.82) is 0 Å². The van der Waals surface area contributed by atoms with Crippen molar-refractivity contribution in [2.45, 2.75) is 235 Å². The van der Waals surface area contributed by atoms with Crippen molar-refractivity contribution in [1.82, 2.24) is 9.97 Å². The van der Waals surface area contributed by atoms with E-state index in [-0.39, 0.29) is 87.4 Å². The van der Waals surface area contributed by atoms with Gasteiger partial charge in [0.25, 0.3) is 30.4 Å². The quantitative estimate of drug-likeness (QED) is 0.0220. The summed E-state index contributed by atoms with van der Waals surface area (Å²) in [5.74, 6) is -1.93. The minimum absolute atomic E-state index is 0.110. The first-order valence-corrected chi connectivity index (χ1v) is 46.8. The molecule has 20 aliphatic rings. The molecular weight excluding hydrogens is 1660 g/mol. The van der Waals surface area contributed by atoms with Gasteiger partial charge in [0.05, 0.1) is 115 Å². The average Bonchev–Trinajstić information content (AvgIpc) is 0.758. The average molecular weight is 1770 g/mol. The van der Waals surface area contributed by atoms with Gasteiger partial charge in [0, 0.05) is 40.7 Å². The molecule has 20 saturated carbocycles. The van der Waals surface area contributed by atoms with Crippen LogP contribution in [0.15, 0.2) is 118 Å². The number of nitrogens with zero attached hydrogens (tertiary/aromatic N) is 2. The predicted molar refractivity (Wildman–Crippen MR) is 430 cm³/mol. The van der Waals surface area contributed by atoms with Gasteiger partial charge >= 0.3 is 35.8 Å². The number of aromatic carboxylic acids is 2. The van der Waals surface area contributed by atoms with Gasteiger partial charge < -0.3 is 59.8 Å². The lowest BCUT2D eigenvalue weighted by atomic mass is 9.48. The molecule has 123 heavy (non-hydrogen) atoms. The Labute approximate surface area is 711 Å². The Kier molecular flexibility index (Phi) is 24.4. The van der Waals surface area contributed by atoms with Crippen LogP contribution >= 0.6 is 0 Å². The molecule has 0 radical (unpaired) electrons. The van der Waals surface area contributed by atoms with Crippen molar-refractivity contribution in [2.24, 2.45) is 86.3 Å². The van der Waals surface area contributed by atoms with Crippen LogP contribution < -0.4 is 0 Å². The van der Waals surface area contributed by atoms with Crippen LogP contribution in [0.4, 0.5) is 8.78 Å². The Balaban J connectivity index is 0.000000130. The van der Waals surface area contributed by atoms with Gasteiger partial charge in [0.2, 0.25) is 0 Å². The van der Waals surface area contributed by atoms with E-state index in [1.165, 1.54) is 68.3 Å². The number of aromatic nitrogens is 2. The van der Waals surface area contributed by atoms with E-state index in [2.05, 4.69) is 9.97 Å². The minimum atomic E-state index is -4.72. The molecule has 0 aliphatic heterocycles. The van der Waals surface area contributed by atoms with Crippen LogP contribution in [-0.2, 0) is 49.3 Å². The third-order valence-corrected chi connectivity index (χ3v) is 31.9. The summed E-state index contributed by atoms with van der Waals surface area (Å²) in [6, 6.07) is 14.5. The number of esters is 4. The second kappa shape index (κ2) is 33.4. The first kappa shape index (κ1) is 89.9. The Morgan fingerprint density at radius 1 is 0.333 bits per heavy atom. The van der Waals surface area contributed by atoms with E-state index in [4.69, 9.17) is 33.7 Å². The van der Waals surface area contributed by atoms with E-state index in [1.807, 2.05) is 0 Å². The van der Waals surface area contributed by atoms with Crippen LogP contribution in [0.1, 0.15) is 255 Å². The zero-order chi connectivity index (χ0) is 88.1. The number of carbonyl (C=O) groups excluding carboxylic acids is 4. The third-order valence-electron chi connectivity index (χ3n) is 29.4. The molecule has 11 N–H and O–H groups in total. The Morgan fingerprint density at radius 2 is 0.537 bits per heavy atom. The molecule has 3 aromatic carbocycles. The number of aliphatic hydroxyl groups excluding tert-OH is 1. The van der Waals surface area contributed by atoms with Crippen molar-refractivity contribution in [3.05, 3.63) is 149 Å². The first-order valence-electron chi connectivity index (χ1n) is 42.5. The maximum atomic E-state index is 13.2. The SMILES string of the molecule is Fc1cccnc1.Fc1cccnc1.O=C(O)c1cc(C(=O)O)cc(S(=O)(=O)O)c1.O=C(OCC12CC3CC(CC(O)(C3)C1)C2)c1cc(C(=O)OCC23CC4CC(CC(O)(C4)C2)C3)cc(S(=O)(=O)O)c1.O=C(OCC12CC3CC(CC(O)(C3)C1)C2)c1cc(C(=O)OCC23CC4CC(CC(O)(C4)C2)C3)cc(S(=O)(=O)O)c1.OCC12CC3CC(CC(O)(C3)C1)C2. The number of benzene rings is 3. The van der Waals surface area contributed by atoms with E-state index in [1.54, 1.807) is 12.1 Å². The minimum Gasteiger partial charge on any atom is -0.478 e. The molecule has 29 nitrogen and oxygen atoms in total. The van der Waals surface area contributed by atoms with Crippen LogP contribution in [0, 0.1) is 97.9 Å². The topological polar surface area (TPSA) is 490 Å². The normalized spacial score (nSPS) is 36.4. The second-order valence-electron chi connectivity index (χ2n) is 40.5. The molecule has 20 fully saturated rings. The smallest absolute Gasteiger partial charge is 0.338 e. The zero-order valence-corrected chi connectivity index (χ0v) is 70.6. The van der Waals surface area contributed by atoms with E-state index in [0.717, 1.165) is 178 Å². The fraction of sp³-hybridized carbons (Fsp3) is 0.618. The summed E-state index contributed by atoms with van der Waals surface area (Å²) in [4.78, 5) is 78.9. The van der Waals surface area contributed by atoms with Crippen molar-refractivity contribution in [3.8, 4) is 0 Å². The summed E-state index contributed by atoms with van der Waals surface area (Å²) in [5.41, 5.74) is -5.97. The zero-order valence-electron chi connectivity index (χ0n) is 68.2. The highest BCUT2D eigenvalue weighted by Crippen LogP contribution is 2.67. The molecule has 10 unspecified atom stereocenters. The Hall–Kier alpha value is -7.87. The van der Waals surface area contributed by atoms with Crippen LogP contribution in [0.2, 0.25) is 0 Å². The number of pyridine rings is 2. The molecule has 34 heteroatoms. The first-order chi connectivity index (χ1) is 57.6. The van der Waals surface area contributed by atoms with Crippen LogP contribution in [-0.4, -0.2) is 187 Å². The summed E-state index contributed by atoms with van der Waals surface area (Å²) in [7, 11) is -14.1. The van der Waals surface area contributed by atoms with Gasteiger partial charge in [-0.15, -0.1) is 0 Å². The molecule has 668 valence electrons. The molecule has 10 atom stereocenters. The largest absolute Gasteiger partial charge is 0.478 e. The molecule has 20 aliphatic carbocycles. The number of ether oxygens (including phenoxy) is 4. The molecular formula is C89H108F2N2O27S3. The fourth-order valence-corrected chi connectivity index (χ4v) is 29.4. The number of carboxylic acids is 2. The van der Waals surface area contributed by atoms with Gasteiger partial charge in [-0.05, 0) is 336 Å². The molecule has 0 amide bonds. The van der Waals surface area contributed by atoms with Crippen LogP contribution in [0.25, 0.3) is 0 Å². The standard InChI is InChI=1S/2C30H38O9S.C11H18O2.C8H6O7S.2C5H4FN/c2*31-25(38-16-27-6-18-1-19(7-27)11-29(33,10-18)14-27)22-3-23(5-24(4-22)40(35,36)37)26(32)39-17-28-8-20-2-21(9-28)13-30(34,12-20)15-28;12-7-10-2-8-1-9(3-10)5-11(13,4-8)6-10;9-7(10)4-1-5(8(11)12)3-6(2-4)16(13,14)15;2*6-5-2-1-3-7-4-5/h2*3-5,18-21,33-34H,1-2,6-17H2,(H,35,36,37);8-9,12-13H,1-7H2;1-3H,(H,9,10)(H,11,12)(H,13,14,15);2*1-4H. The molecule has 0 saturated heterocycles. The lowest BCUT2D eigenvalue weighted by Crippen LogP contribution is -2.57. The number of carbonyl (C=O) groups is 6. The lowest BCUT2D eigenvalue weighted by Gasteiger charge is -2.59. The molecule has 5 aromatic rings. The monoisotopic (exact) mass is 1770 g/mol. The van der Waals surface area contributed by atoms with Crippen LogP contribution in [0.3, 0.4) is 0 Å². The van der Waals surface area contributed by atoms with Crippen molar-refractivity contribution in [3.63, 3.8) is 0 Å². The lowest BCUT2D eigenvalue weighted by molar-refractivity contribution is -0.175. The summed E-state index contributed by atoms with van der Waals surface area (Å²) in [5, 5.41) is 81.0. The number of hydrogen-bond donors (Lipinski definition) is 11. The number of carboxylic acid groups (broad SMARTS) is 2. The number of aliphatic hydroxyl groups is 6. The third kappa shape index (κ3) is 20.7. The highest BCUT2D eigenvalue weighted by Gasteiger charge is 2.63. The summed E-state index contributed by atoms with van der Waals surface area (Å²) in [6.45, 7) is 0.757. The maximum absolute atomic E-state index is 13.2. The second-order valence-corrected chi connectivity index (χ2v) is 44.8. The summed E-state index contributed by atoms with van der Waals surface area (Å²) < 4.78 is 144. The Bertz CT molecular complexity index is 4750. The van der Waals surface area contributed by atoms with Crippen LogP contribution in [0.5, 0.6) is 0 Å². The molecule has 20 bridgehead atoms.